The molecule has 0 heterocycles. The minimum absolute atomic E-state index is 0.109. The van der Waals surface area contributed by atoms with Crippen molar-refractivity contribution in [3.05, 3.63) is 103 Å². The second kappa shape index (κ2) is 8.28. The number of nitrogens with one attached hydrogen (secondary N) is 1. The SMILES string of the molecule is O=C(COc1cccc2ccccc12)N/N=C/c1c2ccccc2cc2ccccc12. The number of hydrogen-bond donors (Lipinski definition) is 1. The lowest BCUT2D eigenvalue weighted by atomic mass is 9.97. The Labute approximate surface area is 179 Å². The molecule has 0 radical (unpaired) electrons. The highest BCUT2D eigenvalue weighted by molar-refractivity contribution is 6.13. The van der Waals surface area contributed by atoms with Gasteiger partial charge in [-0.3, -0.25) is 4.79 Å². The van der Waals surface area contributed by atoms with Crippen molar-refractivity contribution in [3.63, 3.8) is 0 Å². The molecule has 0 saturated heterocycles. The number of rotatable bonds is 5. The minimum atomic E-state index is -0.311. The minimum Gasteiger partial charge on any atom is -0.483 e. The summed E-state index contributed by atoms with van der Waals surface area (Å²) in [7, 11) is 0. The van der Waals surface area contributed by atoms with Crippen LogP contribution in [0.3, 0.4) is 0 Å². The first-order valence-electron chi connectivity index (χ1n) is 10.1. The van der Waals surface area contributed by atoms with Crippen LogP contribution in [0.5, 0.6) is 5.75 Å². The van der Waals surface area contributed by atoms with E-state index in [1.165, 1.54) is 0 Å². The maximum atomic E-state index is 12.3. The van der Waals surface area contributed by atoms with Gasteiger partial charge in [-0.25, -0.2) is 5.43 Å². The first kappa shape index (κ1) is 18.8. The second-order valence-electron chi connectivity index (χ2n) is 7.29. The molecule has 0 atom stereocenters. The van der Waals surface area contributed by atoms with Gasteiger partial charge in [0, 0.05) is 10.9 Å². The molecular weight excluding hydrogens is 384 g/mol. The molecule has 5 rings (SSSR count). The van der Waals surface area contributed by atoms with E-state index in [9.17, 15) is 4.79 Å². The van der Waals surface area contributed by atoms with Crippen LogP contribution in [-0.2, 0) is 4.79 Å². The van der Waals surface area contributed by atoms with Gasteiger partial charge in [0.05, 0.1) is 6.21 Å². The second-order valence-corrected chi connectivity index (χ2v) is 7.29. The molecule has 0 unspecified atom stereocenters. The largest absolute Gasteiger partial charge is 0.483 e. The van der Waals surface area contributed by atoms with Crippen molar-refractivity contribution < 1.29 is 9.53 Å². The van der Waals surface area contributed by atoms with E-state index < -0.39 is 0 Å². The van der Waals surface area contributed by atoms with Crippen molar-refractivity contribution in [1.29, 1.82) is 0 Å². The Morgan fingerprint density at radius 3 is 2.03 bits per heavy atom. The molecular formula is C27H20N2O2. The standard InChI is InChI=1S/C27H20N2O2/c30-27(18-31-26-15-7-11-19-8-1-6-14-24(19)26)29-28-17-25-22-12-4-2-9-20(22)16-21-10-3-5-13-23(21)25/h1-17H,18H2,(H,29,30)/b28-17+. The molecule has 0 saturated carbocycles. The Morgan fingerprint density at radius 1 is 0.742 bits per heavy atom. The van der Waals surface area contributed by atoms with Crippen molar-refractivity contribution in [3.8, 4) is 5.75 Å². The Bertz CT molecular complexity index is 1380. The van der Waals surface area contributed by atoms with Crippen molar-refractivity contribution in [2.24, 2.45) is 5.10 Å². The summed E-state index contributed by atoms with van der Waals surface area (Å²) in [6.07, 6.45) is 1.71. The van der Waals surface area contributed by atoms with Gasteiger partial charge in [-0.05, 0) is 39.1 Å². The third-order valence-corrected chi connectivity index (χ3v) is 5.30. The van der Waals surface area contributed by atoms with Crippen LogP contribution < -0.4 is 10.2 Å². The highest BCUT2D eigenvalue weighted by Gasteiger charge is 2.07. The third-order valence-electron chi connectivity index (χ3n) is 5.30. The van der Waals surface area contributed by atoms with Crippen molar-refractivity contribution in [2.45, 2.75) is 0 Å². The number of benzene rings is 5. The number of carbonyl (C=O) groups is 1. The van der Waals surface area contributed by atoms with Crippen LogP contribution in [0, 0.1) is 0 Å². The Balaban J connectivity index is 1.34. The normalized spacial score (nSPS) is 11.4. The lowest BCUT2D eigenvalue weighted by Crippen LogP contribution is -2.24. The van der Waals surface area contributed by atoms with E-state index in [1.54, 1.807) is 6.21 Å². The van der Waals surface area contributed by atoms with Gasteiger partial charge in [0.1, 0.15) is 5.75 Å². The fourth-order valence-corrected chi connectivity index (χ4v) is 3.85. The van der Waals surface area contributed by atoms with Crippen LogP contribution in [-0.4, -0.2) is 18.7 Å². The molecule has 0 fully saturated rings. The summed E-state index contributed by atoms with van der Waals surface area (Å²) in [6, 6.07) is 32.2. The molecule has 1 amide bonds. The molecule has 0 aromatic heterocycles. The summed E-state index contributed by atoms with van der Waals surface area (Å²) in [4.78, 5) is 12.3. The average Bonchev–Trinajstić information content (AvgIpc) is 2.82. The number of carbonyl (C=O) groups excluding carboxylic acids is 1. The number of hydrogen-bond acceptors (Lipinski definition) is 3. The van der Waals surface area contributed by atoms with Crippen LogP contribution in [0.25, 0.3) is 32.3 Å². The zero-order valence-corrected chi connectivity index (χ0v) is 16.8. The van der Waals surface area contributed by atoms with Gasteiger partial charge in [-0.1, -0.05) is 84.9 Å². The molecule has 0 spiro atoms. The van der Waals surface area contributed by atoms with E-state index in [1.807, 2.05) is 66.7 Å². The van der Waals surface area contributed by atoms with Crippen molar-refractivity contribution in [1.82, 2.24) is 5.43 Å². The van der Waals surface area contributed by atoms with Crippen LogP contribution in [0.2, 0.25) is 0 Å². The summed E-state index contributed by atoms with van der Waals surface area (Å²) in [5.74, 6) is 0.367. The van der Waals surface area contributed by atoms with E-state index in [4.69, 9.17) is 4.74 Å². The molecule has 0 bridgehead atoms. The first-order valence-corrected chi connectivity index (χ1v) is 10.1. The van der Waals surface area contributed by atoms with E-state index >= 15 is 0 Å². The monoisotopic (exact) mass is 404 g/mol. The van der Waals surface area contributed by atoms with E-state index in [0.717, 1.165) is 37.9 Å². The smallest absolute Gasteiger partial charge is 0.277 e. The molecule has 150 valence electrons. The zero-order valence-electron chi connectivity index (χ0n) is 16.8. The predicted octanol–water partition coefficient (Wildman–Crippen LogP) is 5.68. The molecule has 0 aliphatic carbocycles. The molecule has 4 heteroatoms. The lowest BCUT2D eigenvalue weighted by molar-refractivity contribution is -0.123. The maximum Gasteiger partial charge on any atom is 0.277 e. The fourth-order valence-electron chi connectivity index (χ4n) is 3.85. The summed E-state index contributed by atoms with van der Waals surface area (Å²) >= 11 is 0. The highest BCUT2D eigenvalue weighted by Crippen LogP contribution is 2.27. The summed E-state index contributed by atoms with van der Waals surface area (Å²) in [6.45, 7) is -0.109. The van der Waals surface area contributed by atoms with Gasteiger partial charge < -0.3 is 4.74 Å². The zero-order chi connectivity index (χ0) is 21.0. The van der Waals surface area contributed by atoms with Crippen LogP contribution >= 0.6 is 0 Å². The van der Waals surface area contributed by atoms with Crippen LogP contribution in [0.1, 0.15) is 5.56 Å². The molecule has 31 heavy (non-hydrogen) atoms. The number of amides is 1. The topological polar surface area (TPSA) is 50.7 Å². The highest BCUT2D eigenvalue weighted by atomic mass is 16.5. The predicted molar refractivity (Wildman–Crippen MR) is 127 cm³/mol. The van der Waals surface area contributed by atoms with Gasteiger partial charge in [0.2, 0.25) is 0 Å². The Hall–Kier alpha value is -4.18. The molecule has 5 aromatic carbocycles. The summed E-state index contributed by atoms with van der Waals surface area (Å²) in [5.41, 5.74) is 3.56. The molecule has 1 N–H and O–H groups in total. The molecule has 4 nitrogen and oxygen atoms in total. The third kappa shape index (κ3) is 3.83. The maximum absolute atomic E-state index is 12.3. The molecule has 0 aliphatic rings. The number of fused-ring (bicyclic) bond motifs is 3. The van der Waals surface area contributed by atoms with Gasteiger partial charge in [-0.15, -0.1) is 0 Å². The first-order chi connectivity index (χ1) is 15.3. The molecule has 5 aromatic rings. The van der Waals surface area contributed by atoms with Crippen molar-refractivity contribution >= 4 is 44.4 Å². The number of hydrazone groups is 1. The van der Waals surface area contributed by atoms with Gasteiger partial charge in [0.25, 0.3) is 5.91 Å². The van der Waals surface area contributed by atoms with Gasteiger partial charge in [-0.2, -0.15) is 5.10 Å². The van der Waals surface area contributed by atoms with Crippen molar-refractivity contribution in [2.75, 3.05) is 6.61 Å². The summed E-state index contributed by atoms with van der Waals surface area (Å²) < 4.78 is 5.74. The lowest BCUT2D eigenvalue weighted by Gasteiger charge is -2.09. The Kier molecular flexibility index (Phi) is 5.03. The number of ether oxygens (including phenoxy) is 1. The fraction of sp³-hybridized carbons (Fsp3) is 0.0370. The average molecular weight is 404 g/mol. The quantitative estimate of drug-likeness (QED) is 0.233. The van der Waals surface area contributed by atoms with E-state index in [0.29, 0.717) is 5.75 Å². The van der Waals surface area contributed by atoms with Gasteiger partial charge in [0.15, 0.2) is 6.61 Å². The van der Waals surface area contributed by atoms with Crippen LogP contribution in [0.4, 0.5) is 0 Å². The summed E-state index contributed by atoms with van der Waals surface area (Å²) in [5, 5.41) is 10.7. The number of nitrogens with zero attached hydrogens (tertiary/aromatic N) is 1. The van der Waals surface area contributed by atoms with Gasteiger partial charge >= 0.3 is 0 Å². The van der Waals surface area contributed by atoms with E-state index in [-0.39, 0.29) is 12.5 Å². The van der Waals surface area contributed by atoms with E-state index in [2.05, 4.69) is 40.9 Å². The molecule has 0 aliphatic heterocycles. The van der Waals surface area contributed by atoms with Crippen LogP contribution in [0.15, 0.2) is 102 Å². The Morgan fingerprint density at radius 2 is 1.32 bits per heavy atom.